The fraction of sp³-hybridized carbons (Fsp3) is 0.667. The summed E-state index contributed by atoms with van der Waals surface area (Å²) in [6, 6.07) is 1.30. The highest BCUT2D eigenvalue weighted by Gasteiger charge is 2.31. The van der Waals surface area contributed by atoms with Gasteiger partial charge in [0.05, 0.1) is 11.8 Å². The number of pyridine rings is 1. The molecule has 0 aliphatic heterocycles. The number of carbonyl (C=O) groups excluding carboxylic acids is 1. The SMILES string of the molecule is CCCCC(O)(CCN(C)C(=O)OC(C)(C)C)c1cncc(F)c1. The summed E-state index contributed by atoms with van der Waals surface area (Å²) < 4.78 is 18.8. The summed E-state index contributed by atoms with van der Waals surface area (Å²) >= 11 is 0. The van der Waals surface area contributed by atoms with Crippen molar-refractivity contribution in [3.8, 4) is 0 Å². The number of unbranched alkanes of at least 4 members (excludes halogenated alkanes) is 1. The van der Waals surface area contributed by atoms with E-state index in [1.54, 1.807) is 27.8 Å². The Bertz CT molecular complexity index is 545. The van der Waals surface area contributed by atoms with Gasteiger partial charge in [-0.2, -0.15) is 0 Å². The van der Waals surface area contributed by atoms with Crippen LogP contribution in [0, 0.1) is 5.82 Å². The molecule has 0 saturated heterocycles. The summed E-state index contributed by atoms with van der Waals surface area (Å²) in [4.78, 5) is 17.3. The normalized spacial score (nSPS) is 14.1. The zero-order valence-electron chi connectivity index (χ0n) is 15.3. The maximum Gasteiger partial charge on any atom is 0.410 e. The lowest BCUT2D eigenvalue weighted by atomic mass is 9.86. The molecule has 0 fully saturated rings. The Kier molecular flexibility index (Phi) is 7.14. The number of rotatable bonds is 7. The van der Waals surface area contributed by atoms with Gasteiger partial charge in [-0.1, -0.05) is 19.8 Å². The Morgan fingerprint density at radius 3 is 2.54 bits per heavy atom. The number of aromatic nitrogens is 1. The molecule has 1 aromatic heterocycles. The number of ether oxygens (including phenoxy) is 1. The Balaban J connectivity index is 2.81. The average Bonchev–Trinajstić information content (AvgIpc) is 2.49. The van der Waals surface area contributed by atoms with E-state index in [0.717, 1.165) is 19.0 Å². The maximum absolute atomic E-state index is 13.5. The minimum atomic E-state index is -1.22. The molecule has 1 rings (SSSR count). The van der Waals surface area contributed by atoms with Crippen molar-refractivity contribution >= 4 is 6.09 Å². The highest BCUT2D eigenvalue weighted by Crippen LogP contribution is 2.31. The smallest absolute Gasteiger partial charge is 0.410 e. The molecule has 24 heavy (non-hydrogen) atoms. The van der Waals surface area contributed by atoms with Crippen molar-refractivity contribution in [1.29, 1.82) is 0 Å². The van der Waals surface area contributed by atoms with Crippen LogP contribution in [0.3, 0.4) is 0 Å². The molecule has 6 heteroatoms. The Labute approximate surface area is 143 Å². The molecule has 0 saturated carbocycles. The molecule has 1 N–H and O–H groups in total. The largest absolute Gasteiger partial charge is 0.444 e. The van der Waals surface area contributed by atoms with E-state index in [1.807, 2.05) is 6.92 Å². The van der Waals surface area contributed by atoms with Gasteiger partial charge in [-0.25, -0.2) is 9.18 Å². The maximum atomic E-state index is 13.5. The lowest BCUT2D eigenvalue weighted by molar-refractivity contribution is -0.000818. The van der Waals surface area contributed by atoms with Crippen molar-refractivity contribution in [2.24, 2.45) is 0 Å². The summed E-state index contributed by atoms with van der Waals surface area (Å²) in [7, 11) is 1.62. The van der Waals surface area contributed by atoms with Gasteiger partial charge in [-0.15, -0.1) is 0 Å². The molecule has 0 aliphatic carbocycles. The van der Waals surface area contributed by atoms with Gasteiger partial charge in [0.2, 0.25) is 0 Å². The zero-order valence-corrected chi connectivity index (χ0v) is 15.3. The second-order valence-electron chi connectivity index (χ2n) is 7.18. The number of nitrogens with zero attached hydrogens (tertiary/aromatic N) is 2. The van der Waals surface area contributed by atoms with Crippen LogP contribution in [-0.4, -0.2) is 40.3 Å². The first kappa shape index (κ1) is 20.4. The van der Waals surface area contributed by atoms with Crippen molar-refractivity contribution < 1.29 is 19.0 Å². The Hall–Kier alpha value is -1.69. The number of hydrogen-bond donors (Lipinski definition) is 1. The topological polar surface area (TPSA) is 62.7 Å². The van der Waals surface area contributed by atoms with Crippen molar-refractivity contribution in [3.63, 3.8) is 0 Å². The molecule has 1 heterocycles. The standard InChI is InChI=1S/C18H29FN2O3/c1-6-7-8-18(23,14-11-15(19)13-20-12-14)9-10-21(5)16(22)24-17(2,3)4/h11-13,23H,6-10H2,1-5H3. The summed E-state index contributed by atoms with van der Waals surface area (Å²) in [5.41, 5.74) is -1.36. The predicted octanol–water partition coefficient (Wildman–Crippen LogP) is 3.86. The molecular formula is C18H29FN2O3. The molecule has 1 aromatic rings. The Morgan fingerprint density at radius 2 is 2.00 bits per heavy atom. The summed E-state index contributed by atoms with van der Waals surface area (Å²) in [6.45, 7) is 7.72. The molecule has 1 unspecified atom stereocenters. The van der Waals surface area contributed by atoms with E-state index in [4.69, 9.17) is 4.74 Å². The third-order valence-corrected chi connectivity index (χ3v) is 3.75. The summed E-state index contributed by atoms with van der Waals surface area (Å²) in [5, 5.41) is 11.0. The summed E-state index contributed by atoms with van der Waals surface area (Å²) in [5.74, 6) is -0.483. The third kappa shape index (κ3) is 6.43. The first-order valence-corrected chi connectivity index (χ1v) is 8.35. The van der Waals surface area contributed by atoms with Crippen molar-refractivity contribution in [2.45, 2.75) is 64.6 Å². The van der Waals surface area contributed by atoms with Crippen LogP contribution in [0.4, 0.5) is 9.18 Å². The van der Waals surface area contributed by atoms with E-state index in [-0.39, 0.29) is 6.42 Å². The molecule has 1 atom stereocenters. The van der Waals surface area contributed by atoms with Crippen LogP contribution in [-0.2, 0) is 10.3 Å². The lowest BCUT2D eigenvalue weighted by Crippen LogP contribution is -2.38. The van der Waals surface area contributed by atoms with Crippen LogP contribution in [0.1, 0.15) is 58.9 Å². The van der Waals surface area contributed by atoms with Crippen molar-refractivity contribution in [2.75, 3.05) is 13.6 Å². The molecule has 0 spiro atoms. The van der Waals surface area contributed by atoms with Gasteiger partial charge in [-0.05, 0) is 39.7 Å². The van der Waals surface area contributed by atoms with Gasteiger partial charge < -0.3 is 14.7 Å². The van der Waals surface area contributed by atoms with E-state index in [2.05, 4.69) is 4.98 Å². The molecule has 0 aliphatic rings. The van der Waals surface area contributed by atoms with Crippen LogP contribution >= 0.6 is 0 Å². The minimum Gasteiger partial charge on any atom is -0.444 e. The second-order valence-corrected chi connectivity index (χ2v) is 7.18. The van der Waals surface area contributed by atoms with Crippen LogP contribution in [0.5, 0.6) is 0 Å². The minimum absolute atomic E-state index is 0.286. The molecule has 136 valence electrons. The fourth-order valence-electron chi connectivity index (χ4n) is 2.33. The average molecular weight is 340 g/mol. The van der Waals surface area contributed by atoms with Gasteiger partial charge in [0.1, 0.15) is 11.4 Å². The fourth-order valence-corrected chi connectivity index (χ4v) is 2.33. The van der Waals surface area contributed by atoms with Gasteiger partial charge in [0, 0.05) is 25.4 Å². The van der Waals surface area contributed by atoms with E-state index >= 15 is 0 Å². The van der Waals surface area contributed by atoms with Gasteiger partial charge >= 0.3 is 6.09 Å². The van der Waals surface area contributed by atoms with Crippen LogP contribution < -0.4 is 0 Å². The highest BCUT2D eigenvalue weighted by molar-refractivity contribution is 5.67. The highest BCUT2D eigenvalue weighted by atomic mass is 19.1. The van der Waals surface area contributed by atoms with E-state index in [1.165, 1.54) is 17.2 Å². The van der Waals surface area contributed by atoms with Crippen molar-refractivity contribution in [3.05, 3.63) is 29.8 Å². The molecule has 0 radical (unpaired) electrons. The number of amides is 1. The van der Waals surface area contributed by atoms with Gasteiger partial charge in [-0.3, -0.25) is 4.98 Å². The van der Waals surface area contributed by atoms with Crippen LogP contribution in [0.2, 0.25) is 0 Å². The second kappa shape index (κ2) is 8.42. The quantitative estimate of drug-likeness (QED) is 0.819. The third-order valence-electron chi connectivity index (χ3n) is 3.75. The lowest BCUT2D eigenvalue weighted by Gasteiger charge is -2.31. The molecule has 0 bridgehead atoms. The van der Waals surface area contributed by atoms with E-state index in [0.29, 0.717) is 18.5 Å². The van der Waals surface area contributed by atoms with Crippen LogP contribution in [0.15, 0.2) is 18.5 Å². The number of aliphatic hydroxyl groups is 1. The first-order valence-electron chi connectivity index (χ1n) is 8.35. The van der Waals surface area contributed by atoms with Crippen molar-refractivity contribution in [1.82, 2.24) is 9.88 Å². The number of carbonyl (C=O) groups is 1. The predicted molar refractivity (Wildman–Crippen MR) is 91.1 cm³/mol. The molecule has 0 aromatic carbocycles. The molecule has 1 amide bonds. The van der Waals surface area contributed by atoms with Crippen LogP contribution in [0.25, 0.3) is 0 Å². The molecule has 5 nitrogen and oxygen atoms in total. The van der Waals surface area contributed by atoms with Gasteiger partial charge in [0.25, 0.3) is 0 Å². The molecular weight excluding hydrogens is 311 g/mol. The summed E-state index contributed by atoms with van der Waals surface area (Å²) in [6.07, 6.45) is 4.61. The zero-order chi connectivity index (χ0) is 18.4. The Morgan fingerprint density at radius 1 is 1.33 bits per heavy atom. The number of halogens is 1. The number of hydrogen-bond acceptors (Lipinski definition) is 4. The van der Waals surface area contributed by atoms with E-state index < -0.39 is 23.1 Å². The van der Waals surface area contributed by atoms with Gasteiger partial charge in [0.15, 0.2) is 0 Å². The van der Waals surface area contributed by atoms with E-state index in [9.17, 15) is 14.3 Å². The monoisotopic (exact) mass is 340 g/mol. The first-order chi connectivity index (χ1) is 11.1.